The second-order valence-corrected chi connectivity index (χ2v) is 6.59. The second-order valence-electron chi connectivity index (χ2n) is 4.73. The van der Waals surface area contributed by atoms with E-state index in [4.69, 9.17) is 0 Å². The number of aryl methyl sites for hydroxylation is 1. The van der Waals surface area contributed by atoms with Crippen LogP contribution >= 0.6 is 0 Å². The van der Waals surface area contributed by atoms with Crippen LogP contribution in [0.5, 0.6) is 0 Å². The first-order valence-corrected chi connectivity index (χ1v) is 7.69. The van der Waals surface area contributed by atoms with Crippen LogP contribution in [-0.4, -0.2) is 36.4 Å². The first-order chi connectivity index (χ1) is 8.94. The van der Waals surface area contributed by atoms with Crippen LogP contribution in [0.3, 0.4) is 0 Å². The van der Waals surface area contributed by atoms with Gasteiger partial charge in [0.25, 0.3) is 0 Å². The SMILES string of the molecule is Cc1ccccc1S(=O)(=O)N1CCCC[C@H]1C(=O)O. The monoisotopic (exact) mass is 283 g/mol. The van der Waals surface area contributed by atoms with E-state index in [2.05, 4.69) is 0 Å². The zero-order valence-electron chi connectivity index (χ0n) is 10.7. The molecule has 0 spiro atoms. The predicted octanol–water partition coefficient (Wildman–Crippen LogP) is 1.62. The minimum Gasteiger partial charge on any atom is -0.480 e. The number of hydrogen-bond acceptors (Lipinski definition) is 3. The lowest BCUT2D eigenvalue weighted by molar-refractivity contribution is -0.142. The number of carbonyl (C=O) groups is 1. The molecule has 104 valence electrons. The van der Waals surface area contributed by atoms with Crippen molar-refractivity contribution in [3.63, 3.8) is 0 Å². The topological polar surface area (TPSA) is 74.7 Å². The summed E-state index contributed by atoms with van der Waals surface area (Å²) in [6, 6.07) is 5.71. The number of piperidine rings is 1. The van der Waals surface area contributed by atoms with Gasteiger partial charge in [-0.2, -0.15) is 4.31 Å². The van der Waals surface area contributed by atoms with Gasteiger partial charge in [0.1, 0.15) is 6.04 Å². The Morgan fingerprint density at radius 1 is 1.32 bits per heavy atom. The molecule has 0 aromatic heterocycles. The Hall–Kier alpha value is -1.40. The average molecular weight is 283 g/mol. The van der Waals surface area contributed by atoms with Crippen LogP contribution in [-0.2, 0) is 14.8 Å². The Morgan fingerprint density at radius 3 is 2.63 bits per heavy atom. The molecule has 1 fully saturated rings. The fourth-order valence-electron chi connectivity index (χ4n) is 2.41. The Bertz CT molecular complexity index is 582. The summed E-state index contributed by atoms with van der Waals surface area (Å²) in [6.45, 7) is 1.99. The average Bonchev–Trinajstić information content (AvgIpc) is 2.39. The third kappa shape index (κ3) is 2.64. The third-order valence-electron chi connectivity index (χ3n) is 3.42. The molecular weight excluding hydrogens is 266 g/mol. The minimum absolute atomic E-state index is 0.197. The highest BCUT2D eigenvalue weighted by Gasteiger charge is 2.37. The number of sulfonamides is 1. The Labute approximate surface area is 112 Å². The molecule has 1 saturated heterocycles. The van der Waals surface area contributed by atoms with Crippen molar-refractivity contribution in [1.82, 2.24) is 4.31 Å². The lowest BCUT2D eigenvalue weighted by Crippen LogP contribution is -2.47. The maximum atomic E-state index is 12.6. The number of aliphatic carboxylic acids is 1. The van der Waals surface area contributed by atoms with Gasteiger partial charge in [0.15, 0.2) is 0 Å². The molecule has 2 rings (SSSR count). The summed E-state index contributed by atoms with van der Waals surface area (Å²) in [5.41, 5.74) is 0.636. The van der Waals surface area contributed by atoms with E-state index in [1.165, 1.54) is 6.07 Å². The second kappa shape index (κ2) is 5.30. The molecule has 1 aromatic rings. The number of rotatable bonds is 3. The van der Waals surface area contributed by atoms with Crippen molar-refractivity contribution in [1.29, 1.82) is 0 Å². The maximum Gasteiger partial charge on any atom is 0.322 e. The quantitative estimate of drug-likeness (QED) is 0.914. The number of carboxylic acid groups (broad SMARTS) is 1. The molecule has 0 radical (unpaired) electrons. The van der Waals surface area contributed by atoms with Gasteiger partial charge in [-0.1, -0.05) is 18.2 Å². The van der Waals surface area contributed by atoms with E-state index in [9.17, 15) is 18.3 Å². The summed E-state index contributed by atoms with van der Waals surface area (Å²) in [6.07, 6.45) is 1.83. The van der Waals surface area contributed by atoms with Crippen LogP contribution in [0.2, 0.25) is 0 Å². The molecule has 1 aromatic carbocycles. The van der Waals surface area contributed by atoms with Crippen molar-refractivity contribution >= 4 is 16.0 Å². The highest BCUT2D eigenvalue weighted by atomic mass is 32.2. The van der Waals surface area contributed by atoms with Gasteiger partial charge in [0.05, 0.1) is 4.90 Å². The van der Waals surface area contributed by atoms with E-state index in [0.717, 1.165) is 10.7 Å². The van der Waals surface area contributed by atoms with E-state index >= 15 is 0 Å². The van der Waals surface area contributed by atoms with Gasteiger partial charge in [-0.25, -0.2) is 8.42 Å². The number of hydrogen-bond donors (Lipinski definition) is 1. The fraction of sp³-hybridized carbons (Fsp3) is 0.462. The van der Waals surface area contributed by atoms with Crippen LogP contribution in [0.4, 0.5) is 0 Å². The van der Waals surface area contributed by atoms with Gasteiger partial charge in [0.2, 0.25) is 10.0 Å². The Morgan fingerprint density at radius 2 is 2.00 bits per heavy atom. The lowest BCUT2D eigenvalue weighted by atomic mass is 10.1. The highest BCUT2D eigenvalue weighted by molar-refractivity contribution is 7.89. The van der Waals surface area contributed by atoms with Gasteiger partial charge in [-0.05, 0) is 37.8 Å². The Balaban J connectivity index is 2.43. The molecule has 0 unspecified atom stereocenters. The van der Waals surface area contributed by atoms with E-state index in [-0.39, 0.29) is 11.4 Å². The van der Waals surface area contributed by atoms with E-state index in [0.29, 0.717) is 18.4 Å². The maximum absolute atomic E-state index is 12.6. The fourth-order valence-corrected chi connectivity index (χ4v) is 4.29. The van der Waals surface area contributed by atoms with Crippen LogP contribution in [0.25, 0.3) is 0 Å². The van der Waals surface area contributed by atoms with Crippen LogP contribution in [0.15, 0.2) is 29.2 Å². The number of carboxylic acids is 1. The number of benzene rings is 1. The summed E-state index contributed by atoms with van der Waals surface area (Å²) in [5, 5.41) is 9.18. The zero-order valence-corrected chi connectivity index (χ0v) is 11.6. The molecular formula is C13H17NO4S. The summed E-state index contributed by atoms with van der Waals surface area (Å²) >= 11 is 0. The first-order valence-electron chi connectivity index (χ1n) is 6.25. The van der Waals surface area contributed by atoms with Gasteiger partial charge >= 0.3 is 5.97 Å². The number of nitrogens with zero attached hydrogens (tertiary/aromatic N) is 1. The van der Waals surface area contributed by atoms with Crippen LogP contribution in [0.1, 0.15) is 24.8 Å². The molecule has 1 N–H and O–H groups in total. The predicted molar refractivity (Wildman–Crippen MR) is 70.3 cm³/mol. The first kappa shape index (κ1) is 14.0. The smallest absolute Gasteiger partial charge is 0.322 e. The van der Waals surface area contributed by atoms with Crippen molar-refractivity contribution in [2.45, 2.75) is 37.1 Å². The molecule has 1 atom stereocenters. The highest BCUT2D eigenvalue weighted by Crippen LogP contribution is 2.27. The summed E-state index contributed by atoms with van der Waals surface area (Å²) in [7, 11) is -3.73. The van der Waals surface area contributed by atoms with Crippen molar-refractivity contribution in [3.8, 4) is 0 Å². The molecule has 0 aliphatic carbocycles. The molecule has 1 aliphatic heterocycles. The molecule has 0 saturated carbocycles. The van der Waals surface area contributed by atoms with Crippen molar-refractivity contribution in [3.05, 3.63) is 29.8 Å². The summed E-state index contributed by atoms with van der Waals surface area (Å²) in [4.78, 5) is 11.4. The third-order valence-corrected chi connectivity index (χ3v) is 5.49. The van der Waals surface area contributed by atoms with Gasteiger partial charge in [-0.3, -0.25) is 4.79 Å². The molecule has 0 bridgehead atoms. The van der Waals surface area contributed by atoms with Crippen molar-refractivity contribution < 1.29 is 18.3 Å². The summed E-state index contributed by atoms with van der Waals surface area (Å²) in [5.74, 6) is -1.07. The molecule has 0 amide bonds. The van der Waals surface area contributed by atoms with Gasteiger partial charge < -0.3 is 5.11 Å². The lowest BCUT2D eigenvalue weighted by Gasteiger charge is -2.32. The van der Waals surface area contributed by atoms with Gasteiger partial charge in [-0.15, -0.1) is 0 Å². The molecule has 1 aliphatic rings. The Kier molecular flexibility index (Phi) is 3.91. The van der Waals surface area contributed by atoms with Crippen LogP contribution < -0.4 is 0 Å². The largest absolute Gasteiger partial charge is 0.480 e. The molecule has 19 heavy (non-hydrogen) atoms. The normalized spacial score (nSPS) is 21.2. The van der Waals surface area contributed by atoms with Gasteiger partial charge in [0, 0.05) is 6.54 Å². The van der Waals surface area contributed by atoms with E-state index in [1.54, 1.807) is 25.1 Å². The minimum atomic E-state index is -3.73. The van der Waals surface area contributed by atoms with Crippen molar-refractivity contribution in [2.24, 2.45) is 0 Å². The van der Waals surface area contributed by atoms with E-state index < -0.39 is 22.0 Å². The molecule has 1 heterocycles. The zero-order chi connectivity index (χ0) is 14.0. The molecule has 6 heteroatoms. The standard InChI is InChI=1S/C13H17NO4S/c1-10-6-2-3-8-12(10)19(17,18)14-9-5-4-7-11(14)13(15)16/h2-3,6,8,11H,4-5,7,9H2,1H3,(H,15,16)/t11-/m0/s1. The van der Waals surface area contributed by atoms with E-state index in [1.807, 2.05) is 0 Å². The summed E-state index contributed by atoms with van der Waals surface area (Å²) < 4.78 is 26.3. The molecule has 5 nitrogen and oxygen atoms in total. The van der Waals surface area contributed by atoms with Crippen molar-refractivity contribution in [2.75, 3.05) is 6.54 Å². The van der Waals surface area contributed by atoms with Crippen LogP contribution in [0, 0.1) is 6.92 Å².